The Hall–Kier alpha value is -2.71. The number of anilines is 1. The Balaban J connectivity index is 1.47. The lowest BCUT2D eigenvalue weighted by Gasteiger charge is -2.56. The molecule has 4 heterocycles. The molecule has 14 heteroatoms. The molecule has 4 rings (SSSR count). The summed E-state index contributed by atoms with van der Waals surface area (Å²) < 4.78 is 5.27. The van der Waals surface area contributed by atoms with Crippen molar-refractivity contribution in [1.82, 2.24) is 20.1 Å². The molecular weight excluding hydrogens is 490 g/mol. The lowest BCUT2D eigenvalue weighted by Crippen LogP contribution is -2.74. The molecule has 2 aromatic heterocycles. The van der Waals surface area contributed by atoms with Gasteiger partial charge in [-0.3, -0.25) is 19.4 Å². The van der Waals surface area contributed by atoms with Crippen molar-refractivity contribution >= 4 is 64.3 Å². The van der Waals surface area contributed by atoms with E-state index in [2.05, 4.69) is 15.2 Å². The largest absolute Gasteiger partial charge is 0.481 e. The van der Waals surface area contributed by atoms with E-state index in [0.29, 0.717) is 4.99 Å². The number of rotatable bonds is 8. The number of carbonyl (C=O) groups excluding carboxylic acids is 1. The summed E-state index contributed by atoms with van der Waals surface area (Å²) in [5.74, 6) is -2.02. The molecule has 2 N–H and O–H groups in total. The predicted molar refractivity (Wildman–Crippen MR) is 123 cm³/mol. The van der Waals surface area contributed by atoms with Crippen molar-refractivity contribution in [2.75, 3.05) is 23.0 Å². The highest BCUT2D eigenvalue weighted by Gasteiger charge is 2.59. The van der Waals surface area contributed by atoms with E-state index in [1.54, 1.807) is 41.2 Å². The Kier molecular flexibility index (Phi) is 6.59. The fraction of sp³-hybridized carbons (Fsp3) is 0.421. The summed E-state index contributed by atoms with van der Waals surface area (Å²) in [6.45, 7) is 1.79. The van der Waals surface area contributed by atoms with Crippen LogP contribution in [0.2, 0.25) is 0 Å². The molecular formula is C19H19N5O6S3. The normalized spacial score (nSPS) is 24.0. The van der Waals surface area contributed by atoms with E-state index in [9.17, 15) is 19.5 Å². The van der Waals surface area contributed by atoms with E-state index in [0.717, 1.165) is 17.4 Å². The van der Waals surface area contributed by atoms with Crippen LogP contribution in [-0.4, -0.2) is 82.6 Å². The first kappa shape index (κ1) is 23.4. The predicted octanol–water partition coefficient (Wildman–Crippen LogP) is 1.39. The molecule has 2 unspecified atom stereocenters. The summed E-state index contributed by atoms with van der Waals surface area (Å²) in [4.78, 5) is 44.0. The number of fused-ring (bicyclic) bond motifs is 1. The Bertz CT molecular complexity index is 1100. The molecule has 0 saturated carbocycles. The Morgan fingerprint density at radius 3 is 2.73 bits per heavy atom. The van der Waals surface area contributed by atoms with Gasteiger partial charge in [0, 0.05) is 36.1 Å². The number of carboxylic acids is 2. The molecule has 174 valence electrons. The molecule has 0 spiro atoms. The summed E-state index contributed by atoms with van der Waals surface area (Å²) in [6, 6.07) is 3.05. The molecule has 0 radical (unpaired) electrons. The molecule has 33 heavy (non-hydrogen) atoms. The number of β-lactam (4-membered cyclic amide) rings is 1. The first-order valence-corrected chi connectivity index (χ1v) is 12.2. The molecule has 2 aliphatic rings. The van der Waals surface area contributed by atoms with Crippen LogP contribution in [-0.2, 0) is 20.8 Å². The topological polar surface area (TPSA) is 150 Å². The molecule has 0 aliphatic carbocycles. The second-order valence-electron chi connectivity index (χ2n) is 7.61. The van der Waals surface area contributed by atoms with Gasteiger partial charge in [0.2, 0.25) is 11.8 Å². The van der Waals surface area contributed by atoms with Crippen molar-refractivity contribution in [2.24, 2.45) is 5.41 Å². The van der Waals surface area contributed by atoms with Crippen LogP contribution in [0.4, 0.5) is 5.69 Å². The zero-order valence-electron chi connectivity index (χ0n) is 17.3. The van der Waals surface area contributed by atoms with Crippen LogP contribution in [0.15, 0.2) is 34.2 Å². The molecule has 11 nitrogen and oxygen atoms in total. The van der Waals surface area contributed by atoms with Gasteiger partial charge < -0.3 is 24.4 Å². The Labute approximate surface area is 201 Å². The number of carboxylic acid groups (broad SMARTS) is 2. The van der Waals surface area contributed by atoms with Crippen molar-refractivity contribution in [2.45, 2.75) is 30.0 Å². The van der Waals surface area contributed by atoms with Crippen LogP contribution in [0, 0.1) is 5.41 Å². The van der Waals surface area contributed by atoms with Gasteiger partial charge in [-0.25, -0.2) is 0 Å². The summed E-state index contributed by atoms with van der Waals surface area (Å²) in [5.41, 5.74) is -0.461. The molecule has 2 saturated heterocycles. The van der Waals surface area contributed by atoms with Gasteiger partial charge in [-0.15, -0.1) is 22.0 Å². The van der Waals surface area contributed by atoms with Crippen molar-refractivity contribution in [3.63, 3.8) is 0 Å². The average molecular weight is 510 g/mol. The molecule has 2 fully saturated rings. The van der Waals surface area contributed by atoms with Crippen molar-refractivity contribution in [3.8, 4) is 0 Å². The number of amides is 1. The Morgan fingerprint density at radius 1 is 1.36 bits per heavy atom. The van der Waals surface area contributed by atoms with Gasteiger partial charge in [0.1, 0.15) is 23.3 Å². The number of hydrogen-bond acceptors (Lipinski definition) is 10. The number of nitrogens with zero attached hydrogens (tertiary/aromatic N) is 5. The number of carbonyl (C=O) groups is 3. The summed E-state index contributed by atoms with van der Waals surface area (Å²) in [7, 11) is 0. The smallest absolute Gasteiger partial charge is 0.313 e. The fourth-order valence-electron chi connectivity index (χ4n) is 3.73. The number of aromatic nitrogens is 3. The molecule has 0 aromatic carbocycles. The maximum Gasteiger partial charge on any atom is 0.313 e. The van der Waals surface area contributed by atoms with Crippen molar-refractivity contribution in [3.05, 3.63) is 30.4 Å². The van der Waals surface area contributed by atoms with Crippen LogP contribution < -0.4 is 4.90 Å². The van der Waals surface area contributed by atoms with E-state index >= 15 is 0 Å². The van der Waals surface area contributed by atoms with Gasteiger partial charge in [0.05, 0.1) is 4.99 Å². The van der Waals surface area contributed by atoms with Crippen molar-refractivity contribution in [1.29, 1.82) is 0 Å². The van der Waals surface area contributed by atoms with Gasteiger partial charge >= 0.3 is 11.9 Å². The fourth-order valence-corrected chi connectivity index (χ4v) is 6.63. The third-order valence-electron chi connectivity index (χ3n) is 5.35. The molecule has 0 bridgehead atoms. The lowest BCUT2D eigenvalue weighted by molar-refractivity contribution is -0.155. The summed E-state index contributed by atoms with van der Waals surface area (Å²) in [6.07, 6.45) is 2.84. The second kappa shape index (κ2) is 9.27. The second-order valence-corrected chi connectivity index (χ2v) is 10.2. The van der Waals surface area contributed by atoms with Crippen LogP contribution >= 0.6 is 35.7 Å². The van der Waals surface area contributed by atoms with Crippen LogP contribution in [0.5, 0.6) is 0 Å². The van der Waals surface area contributed by atoms with Gasteiger partial charge in [-0.05, 0) is 19.1 Å². The number of thiocarbonyl (C=S) groups is 1. The van der Waals surface area contributed by atoms with Crippen LogP contribution in [0.3, 0.4) is 0 Å². The van der Waals surface area contributed by atoms with E-state index in [1.165, 1.54) is 11.8 Å². The molecule has 1 amide bonds. The SMILES string of the molecule is CC(=S)N(c1ccncc1)C1C(=O)N2CC(CSc3nnc(CC(=O)O)o3)(C(=O)O)CS[C@H]12. The number of hydrogen-bond donors (Lipinski definition) is 2. The zero-order valence-corrected chi connectivity index (χ0v) is 19.7. The van der Waals surface area contributed by atoms with Gasteiger partial charge in [0.15, 0.2) is 0 Å². The van der Waals surface area contributed by atoms with Crippen LogP contribution in [0.1, 0.15) is 12.8 Å². The van der Waals surface area contributed by atoms with Gasteiger partial charge in [0.25, 0.3) is 5.22 Å². The van der Waals surface area contributed by atoms with E-state index in [-0.39, 0.29) is 40.4 Å². The third-order valence-corrected chi connectivity index (χ3v) is 8.23. The van der Waals surface area contributed by atoms with E-state index in [4.69, 9.17) is 21.7 Å². The van der Waals surface area contributed by atoms with Gasteiger partial charge in [-0.2, -0.15) is 0 Å². The number of thioether (sulfide) groups is 2. The highest BCUT2D eigenvalue weighted by atomic mass is 32.2. The molecule has 3 atom stereocenters. The number of pyridine rings is 1. The quantitative estimate of drug-likeness (QED) is 0.300. The third kappa shape index (κ3) is 4.54. The van der Waals surface area contributed by atoms with Crippen molar-refractivity contribution < 1.29 is 29.0 Å². The maximum atomic E-state index is 13.1. The minimum Gasteiger partial charge on any atom is -0.481 e. The zero-order chi connectivity index (χ0) is 23.8. The van der Waals surface area contributed by atoms with E-state index in [1.807, 2.05) is 0 Å². The molecule has 2 aliphatic heterocycles. The van der Waals surface area contributed by atoms with E-state index < -0.39 is 29.8 Å². The van der Waals surface area contributed by atoms with Crippen LogP contribution in [0.25, 0.3) is 0 Å². The minimum absolute atomic E-state index is 0.0408. The highest BCUT2D eigenvalue weighted by Crippen LogP contribution is 2.46. The molecule has 2 aromatic rings. The highest BCUT2D eigenvalue weighted by molar-refractivity contribution is 8.00. The lowest BCUT2D eigenvalue weighted by atomic mass is 9.89. The Morgan fingerprint density at radius 2 is 2.09 bits per heavy atom. The standard InChI is InChI=1S/C19H19N5O6S3/c1-10(31)24(11-2-4-20-5-3-11)14-15(27)23-7-19(17(28)29,8-32-16(14)23)9-33-18-22-21-12(30-18)6-13(25)26/h2-5,14,16H,6-9H2,1H3,(H,25,26)(H,28,29)/t14?,16-,19?/m1/s1. The monoisotopic (exact) mass is 509 g/mol. The number of aliphatic carboxylic acids is 2. The summed E-state index contributed by atoms with van der Waals surface area (Å²) in [5, 5.41) is 26.1. The van der Waals surface area contributed by atoms with Gasteiger partial charge in [-0.1, -0.05) is 24.0 Å². The average Bonchev–Trinajstić information content (AvgIpc) is 3.22. The first-order chi connectivity index (χ1) is 15.7. The first-order valence-electron chi connectivity index (χ1n) is 9.74. The minimum atomic E-state index is -1.22. The maximum absolute atomic E-state index is 13.1. The summed E-state index contributed by atoms with van der Waals surface area (Å²) >= 11 is 7.84.